The van der Waals surface area contributed by atoms with Crippen molar-refractivity contribution < 1.29 is 0 Å². The van der Waals surface area contributed by atoms with Crippen LogP contribution < -0.4 is 5.32 Å². The predicted molar refractivity (Wildman–Crippen MR) is 77.5 cm³/mol. The number of H-pyrrole nitrogens is 1. The van der Waals surface area contributed by atoms with E-state index in [4.69, 9.17) is 4.98 Å². The molecule has 2 aliphatic carbocycles. The van der Waals surface area contributed by atoms with Gasteiger partial charge in [-0.3, -0.25) is 0 Å². The number of hydrogen-bond acceptors (Lipinski definition) is 2. The molecule has 100 valence electrons. The van der Waals surface area contributed by atoms with E-state index in [1.807, 2.05) is 0 Å². The van der Waals surface area contributed by atoms with E-state index in [9.17, 15) is 0 Å². The summed E-state index contributed by atoms with van der Waals surface area (Å²) in [6, 6.07) is 6.82. The van der Waals surface area contributed by atoms with Crippen molar-refractivity contribution in [2.45, 2.75) is 43.4 Å². The zero-order valence-electron chi connectivity index (χ0n) is 11.5. The van der Waals surface area contributed by atoms with Crippen LogP contribution in [-0.4, -0.2) is 23.6 Å². The zero-order chi connectivity index (χ0) is 12.9. The van der Waals surface area contributed by atoms with Gasteiger partial charge in [-0.05, 0) is 50.4 Å². The Hall–Kier alpha value is -1.35. The van der Waals surface area contributed by atoms with Crippen LogP contribution in [0, 0.1) is 0 Å². The molecule has 0 amide bonds. The second-order valence-electron chi connectivity index (χ2n) is 6.29. The summed E-state index contributed by atoms with van der Waals surface area (Å²) in [6.07, 6.45) is 6.58. The molecule has 3 heteroatoms. The van der Waals surface area contributed by atoms with E-state index in [0.29, 0.717) is 11.3 Å². The summed E-state index contributed by atoms with van der Waals surface area (Å²) < 4.78 is 0. The lowest BCUT2D eigenvalue weighted by Gasteiger charge is -2.42. The fourth-order valence-corrected chi connectivity index (χ4v) is 3.42. The average Bonchev–Trinajstić information content (AvgIpc) is 3.13. The summed E-state index contributed by atoms with van der Waals surface area (Å²) in [4.78, 5) is 8.25. The molecule has 0 unspecified atom stereocenters. The molecule has 0 atom stereocenters. The monoisotopic (exact) mass is 255 g/mol. The summed E-state index contributed by atoms with van der Waals surface area (Å²) in [5, 5.41) is 3.36. The number of likely N-dealkylation sites (N-methyl/N-ethyl adjacent to an activating group) is 1. The van der Waals surface area contributed by atoms with Crippen LogP contribution in [0.3, 0.4) is 0 Å². The molecular formula is C16H21N3. The van der Waals surface area contributed by atoms with Crippen molar-refractivity contribution in [2.75, 3.05) is 13.6 Å². The van der Waals surface area contributed by atoms with E-state index in [1.54, 1.807) is 0 Å². The maximum absolute atomic E-state index is 4.72. The topological polar surface area (TPSA) is 40.7 Å². The van der Waals surface area contributed by atoms with Crippen molar-refractivity contribution in [1.82, 2.24) is 15.3 Å². The van der Waals surface area contributed by atoms with Crippen LogP contribution in [0.25, 0.3) is 11.0 Å². The minimum Gasteiger partial charge on any atom is -0.342 e. The van der Waals surface area contributed by atoms with Gasteiger partial charge in [0, 0.05) is 17.9 Å². The van der Waals surface area contributed by atoms with Gasteiger partial charge in [0.05, 0.1) is 11.0 Å². The summed E-state index contributed by atoms with van der Waals surface area (Å²) in [7, 11) is 2.06. The lowest BCUT2D eigenvalue weighted by molar-refractivity contribution is 0.239. The van der Waals surface area contributed by atoms with Crippen molar-refractivity contribution in [3.8, 4) is 0 Å². The number of nitrogens with one attached hydrogen (secondary N) is 2. The molecule has 1 aromatic heterocycles. The van der Waals surface area contributed by atoms with E-state index in [1.165, 1.54) is 49.0 Å². The van der Waals surface area contributed by atoms with Crippen LogP contribution in [0.5, 0.6) is 0 Å². The molecule has 0 bridgehead atoms. The molecule has 2 aliphatic rings. The van der Waals surface area contributed by atoms with E-state index in [0.717, 1.165) is 12.1 Å². The Labute approximate surface area is 113 Å². The molecule has 0 aliphatic heterocycles. The van der Waals surface area contributed by atoms with Gasteiger partial charge in [-0.15, -0.1) is 0 Å². The maximum Gasteiger partial charge on any atom is 0.110 e. The van der Waals surface area contributed by atoms with E-state index < -0.39 is 0 Å². The molecule has 2 N–H and O–H groups in total. The SMILES string of the molecule is CNCC1(c2ccc3nc(C4CC4)[nH]c3c2)CCC1. The smallest absolute Gasteiger partial charge is 0.110 e. The van der Waals surface area contributed by atoms with Crippen molar-refractivity contribution in [3.05, 3.63) is 29.6 Å². The highest BCUT2D eigenvalue weighted by atomic mass is 14.9. The van der Waals surface area contributed by atoms with Crippen LogP contribution in [-0.2, 0) is 5.41 Å². The Bertz CT molecular complexity index is 605. The Kier molecular flexibility index (Phi) is 2.46. The lowest BCUT2D eigenvalue weighted by atomic mass is 9.64. The van der Waals surface area contributed by atoms with E-state index in [2.05, 4.69) is 35.5 Å². The second kappa shape index (κ2) is 4.07. The number of rotatable bonds is 4. The molecule has 0 spiro atoms. The van der Waals surface area contributed by atoms with Gasteiger partial charge in [-0.1, -0.05) is 12.5 Å². The van der Waals surface area contributed by atoms with E-state index in [-0.39, 0.29) is 0 Å². The van der Waals surface area contributed by atoms with Crippen molar-refractivity contribution >= 4 is 11.0 Å². The first kappa shape index (κ1) is 11.5. The van der Waals surface area contributed by atoms with Crippen LogP contribution >= 0.6 is 0 Å². The van der Waals surface area contributed by atoms with E-state index >= 15 is 0 Å². The fourth-order valence-electron chi connectivity index (χ4n) is 3.42. The van der Waals surface area contributed by atoms with Crippen LogP contribution in [0.1, 0.15) is 49.4 Å². The lowest BCUT2D eigenvalue weighted by Crippen LogP contribution is -2.42. The Morgan fingerprint density at radius 1 is 1.37 bits per heavy atom. The van der Waals surface area contributed by atoms with Gasteiger partial charge < -0.3 is 10.3 Å². The van der Waals surface area contributed by atoms with Crippen molar-refractivity contribution in [1.29, 1.82) is 0 Å². The predicted octanol–water partition coefficient (Wildman–Crippen LogP) is 3.08. The zero-order valence-corrected chi connectivity index (χ0v) is 11.5. The first-order valence-corrected chi connectivity index (χ1v) is 7.45. The van der Waals surface area contributed by atoms with Gasteiger partial charge in [0.1, 0.15) is 5.82 Å². The average molecular weight is 255 g/mol. The number of fused-ring (bicyclic) bond motifs is 1. The van der Waals surface area contributed by atoms with Crippen molar-refractivity contribution in [3.63, 3.8) is 0 Å². The third-order valence-electron chi connectivity index (χ3n) is 4.90. The van der Waals surface area contributed by atoms with Gasteiger partial charge in [-0.2, -0.15) is 0 Å². The number of hydrogen-bond donors (Lipinski definition) is 2. The molecule has 1 heterocycles. The molecule has 19 heavy (non-hydrogen) atoms. The van der Waals surface area contributed by atoms with Crippen LogP contribution in [0.4, 0.5) is 0 Å². The molecule has 2 aromatic rings. The largest absolute Gasteiger partial charge is 0.342 e. The maximum atomic E-state index is 4.72. The third-order valence-corrected chi connectivity index (χ3v) is 4.90. The second-order valence-corrected chi connectivity index (χ2v) is 6.29. The van der Waals surface area contributed by atoms with Crippen LogP contribution in [0.2, 0.25) is 0 Å². The molecular weight excluding hydrogens is 234 g/mol. The Morgan fingerprint density at radius 2 is 2.21 bits per heavy atom. The van der Waals surface area contributed by atoms with Crippen LogP contribution in [0.15, 0.2) is 18.2 Å². The standard InChI is InChI=1S/C16H21N3/c1-17-10-16(7-2-8-16)12-5-6-13-14(9-12)19-15(18-13)11-3-4-11/h5-6,9,11,17H,2-4,7-8,10H2,1H3,(H,18,19). The normalized spacial score (nSPS) is 21.5. The number of aromatic amines is 1. The third kappa shape index (κ3) is 1.79. The summed E-state index contributed by atoms with van der Waals surface area (Å²) in [6.45, 7) is 1.09. The number of aromatic nitrogens is 2. The minimum absolute atomic E-state index is 0.369. The quantitative estimate of drug-likeness (QED) is 0.881. The van der Waals surface area contributed by atoms with Gasteiger partial charge in [0.25, 0.3) is 0 Å². The minimum atomic E-state index is 0.369. The molecule has 3 nitrogen and oxygen atoms in total. The first-order valence-electron chi connectivity index (χ1n) is 7.45. The summed E-state index contributed by atoms with van der Waals surface area (Å²) in [5.74, 6) is 1.90. The molecule has 1 aromatic carbocycles. The number of nitrogens with zero attached hydrogens (tertiary/aromatic N) is 1. The molecule has 0 radical (unpaired) electrons. The van der Waals surface area contributed by atoms with Gasteiger partial charge in [0.15, 0.2) is 0 Å². The Morgan fingerprint density at radius 3 is 2.84 bits per heavy atom. The van der Waals surface area contributed by atoms with Gasteiger partial charge in [-0.25, -0.2) is 4.98 Å². The van der Waals surface area contributed by atoms with Gasteiger partial charge in [0.2, 0.25) is 0 Å². The molecule has 4 rings (SSSR count). The fraction of sp³-hybridized carbons (Fsp3) is 0.562. The van der Waals surface area contributed by atoms with Gasteiger partial charge >= 0.3 is 0 Å². The molecule has 2 fully saturated rings. The van der Waals surface area contributed by atoms with Crippen molar-refractivity contribution in [2.24, 2.45) is 0 Å². The summed E-state index contributed by atoms with van der Waals surface area (Å²) in [5.41, 5.74) is 4.20. The number of benzene rings is 1. The molecule has 2 saturated carbocycles. The highest BCUT2D eigenvalue weighted by molar-refractivity contribution is 5.76. The highest BCUT2D eigenvalue weighted by Crippen LogP contribution is 2.44. The molecule has 0 saturated heterocycles. The summed E-state index contributed by atoms with van der Waals surface area (Å²) >= 11 is 0. The number of imidazole rings is 1. The highest BCUT2D eigenvalue weighted by Gasteiger charge is 2.38. The first-order chi connectivity index (χ1) is 9.31. The Balaban J connectivity index is 1.74.